The maximum atomic E-state index is 12.5. The number of aliphatic carboxylic acids is 1. The van der Waals surface area contributed by atoms with E-state index >= 15 is 0 Å². The summed E-state index contributed by atoms with van der Waals surface area (Å²) in [6.45, 7) is -0.310. The number of rotatable bonds is 3. The van der Waals surface area contributed by atoms with Gasteiger partial charge in [0.1, 0.15) is 6.54 Å². The Labute approximate surface area is 137 Å². The Morgan fingerprint density at radius 1 is 1.19 bits per heavy atom. The van der Waals surface area contributed by atoms with Crippen LogP contribution in [0, 0.1) is 0 Å². The normalized spacial score (nSPS) is 18.7. The van der Waals surface area contributed by atoms with E-state index in [1.165, 1.54) is 12.1 Å². The molecule has 1 aliphatic heterocycles. The molecule has 1 saturated heterocycles. The molecule has 0 atom stereocenters. The SMILES string of the molecule is O=C(O)CN1CCCN(c2c(Cl)cc(Cl)cc2Cl)S1(=O)=O. The molecule has 10 heteroatoms. The summed E-state index contributed by atoms with van der Waals surface area (Å²) in [5.41, 5.74) is 0.109. The van der Waals surface area contributed by atoms with E-state index in [2.05, 4.69) is 0 Å². The fourth-order valence-corrected chi connectivity index (χ4v) is 4.89. The lowest BCUT2D eigenvalue weighted by atomic mass is 10.3. The van der Waals surface area contributed by atoms with Crippen LogP contribution in [-0.4, -0.2) is 43.4 Å². The first-order valence-corrected chi connectivity index (χ1v) is 8.40. The van der Waals surface area contributed by atoms with E-state index in [1.807, 2.05) is 0 Å². The van der Waals surface area contributed by atoms with Gasteiger partial charge in [0.2, 0.25) is 0 Å². The number of carboxylic acids is 1. The fraction of sp³-hybridized carbons (Fsp3) is 0.364. The molecule has 116 valence electrons. The highest BCUT2D eigenvalue weighted by atomic mass is 35.5. The minimum absolute atomic E-state index is 0.0910. The Morgan fingerprint density at radius 2 is 1.76 bits per heavy atom. The Bertz CT molecular complexity index is 657. The smallest absolute Gasteiger partial charge is 0.318 e. The first kappa shape index (κ1) is 16.6. The number of nitrogens with zero attached hydrogens (tertiary/aromatic N) is 2. The molecule has 0 saturated carbocycles. The second-order valence-electron chi connectivity index (χ2n) is 4.38. The van der Waals surface area contributed by atoms with Crippen molar-refractivity contribution in [3.8, 4) is 0 Å². The van der Waals surface area contributed by atoms with Crippen LogP contribution in [-0.2, 0) is 15.0 Å². The third kappa shape index (κ3) is 3.37. The van der Waals surface area contributed by atoms with Crippen molar-refractivity contribution < 1.29 is 18.3 Å². The van der Waals surface area contributed by atoms with Crippen LogP contribution in [0.3, 0.4) is 0 Å². The van der Waals surface area contributed by atoms with E-state index in [9.17, 15) is 13.2 Å². The molecule has 0 bridgehead atoms. The van der Waals surface area contributed by atoms with Crippen molar-refractivity contribution in [1.82, 2.24) is 4.31 Å². The Balaban J connectivity index is 2.46. The molecule has 0 amide bonds. The maximum absolute atomic E-state index is 12.5. The predicted molar refractivity (Wildman–Crippen MR) is 81.6 cm³/mol. The third-order valence-electron chi connectivity index (χ3n) is 2.92. The first-order valence-electron chi connectivity index (χ1n) is 5.87. The lowest BCUT2D eigenvalue weighted by Gasteiger charge is -2.35. The zero-order chi connectivity index (χ0) is 15.8. The van der Waals surface area contributed by atoms with Gasteiger partial charge in [0, 0.05) is 18.1 Å². The van der Waals surface area contributed by atoms with Crippen molar-refractivity contribution in [1.29, 1.82) is 0 Å². The fourth-order valence-electron chi connectivity index (χ4n) is 2.07. The highest BCUT2D eigenvalue weighted by Gasteiger charge is 2.36. The van der Waals surface area contributed by atoms with Crippen molar-refractivity contribution >= 4 is 56.7 Å². The number of anilines is 1. The van der Waals surface area contributed by atoms with Gasteiger partial charge in [0.05, 0.1) is 15.7 Å². The monoisotopic (exact) mass is 372 g/mol. The van der Waals surface area contributed by atoms with Gasteiger partial charge >= 0.3 is 16.2 Å². The molecule has 1 N–H and O–H groups in total. The van der Waals surface area contributed by atoms with E-state index in [1.54, 1.807) is 0 Å². The molecule has 0 unspecified atom stereocenters. The highest BCUT2D eigenvalue weighted by Crippen LogP contribution is 2.39. The third-order valence-corrected chi connectivity index (χ3v) is 5.60. The highest BCUT2D eigenvalue weighted by molar-refractivity contribution is 7.90. The molecule has 1 aliphatic rings. The molecular weight excluding hydrogens is 363 g/mol. The molecule has 0 aliphatic carbocycles. The van der Waals surface area contributed by atoms with E-state index in [4.69, 9.17) is 39.9 Å². The first-order chi connectivity index (χ1) is 9.73. The second kappa shape index (κ2) is 6.18. The zero-order valence-electron chi connectivity index (χ0n) is 10.6. The van der Waals surface area contributed by atoms with Gasteiger partial charge in [-0.2, -0.15) is 12.7 Å². The molecule has 6 nitrogen and oxygen atoms in total. The average Bonchev–Trinajstić information content (AvgIpc) is 2.32. The number of carbonyl (C=O) groups is 1. The van der Waals surface area contributed by atoms with Crippen molar-refractivity contribution in [2.75, 3.05) is 23.9 Å². The van der Waals surface area contributed by atoms with E-state index < -0.39 is 22.7 Å². The lowest BCUT2D eigenvalue weighted by molar-refractivity contribution is -0.137. The molecule has 1 aromatic carbocycles. The molecule has 0 radical (unpaired) electrons. The van der Waals surface area contributed by atoms with Gasteiger partial charge in [-0.1, -0.05) is 34.8 Å². The molecule has 1 fully saturated rings. The molecule has 0 spiro atoms. The second-order valence-corrected chi connectivity index (χ2v) is 7.48. The van der Waals surface area contributed by atoms with Crippen LogP contribution in [0.2, 0.25) is 15.1 Å². The largest absolute Gasteiger partial charge is 0.480 e. The zero-order valence-corrected chi connectivity index (χ0v) is 13.7. The van der Waals surface area contributed by atoms with Gasteiger partial charge in [-0.05, 0) is 18.6 Å². The van der Waals surface area contributed by atoms with Gasteiger partial charge in [0.15, 0.2) is 0 Å². The summed E-state index contributed by atoms with van der Waals surface area (Å²) in [7, 11) is -4.00. The van der Waals surface area contributed by atoms with Gasteiger partial charge in [-0.3, -0.25) is 9.10 Å². The average molecular weight is 374 g/mol. The van der Waals surface area contributed by atoms with Crippen LogP contribution in [0.1, 0.15) is 6.42 Å². The number of halogens is 3. The maximum Gasteiger partial charge on any atom is 0.318 e. The standard InChI is InChI=1S/C11H11Cl3N2O4S/c12-7-4-8(13)11(9(14)5-7)16-3-1-2-15(6-10(17)18)21(16,19)20/h4-5H,1-3,6H2,(H,17,18). The predicted octanol–water partition coefficient (Wildman–Crippen LogP) is 2.49. The van der Waals surface area contributed by atoms with E-state index in [0.29, 0.717) is 6.42 Å². The number of hydrogen-bond acceptors (Lipinski definition) is 3. The van der Waals surface area contributed by atoms with E-state index in [0.717, 1.165) is 8.61 Å². The summed E-state index contributed by atoms with van der Waals surface area (Å²) in [6, 6.07) is 2.77. The number of benzene rings is 1. The van der Waals surface area contributed by atoms with Crippen LogP contribution < -0.4 is 4.31 Å². The summed E-state index contributed by atoms with van der Waals surface area (Å²) in [4.78, 5) is 10.8. The van der Waals surface area contributed by atoms with Crippen LogP contribution >= 0.6 is 34.8 Å². The molecule has 0 aromatic heterocycles. The topological polar surface area (TPSA) is 77.9 Å². The van der Waals surface area contributed by atoms with Crippen molar-refractivity contribution in [3.63, 3.8) is 0 Å². The van der Waals surface area contributed by atoms with Gasteiger partial charge < -0.3 is 5.11 Å². The summed E-state index contributed by atoms with van der Waals surface area (Å²) in [5, 5.41) is 9.27. The lowest BCUT2D eigenvalue weighted by Crippen LogP contribution is -2.51. The molecule has 21 heavy (non-hydrogen) atoms. The number of carboxylic acid groups (broad SMARTS) is 1. The quantitative estimate of drug-likeness (QED) is 0.883. The molecule has 2 rings (SSSR count). The van der Waals surface area contributed by atoms with Crippen LogP contribution in [0.25, 0.3) is 0 Å². The Morgan fingerprint density at radius 3 is 2.29 bits per heavy atom. The van der Waals surface area contributed by atoms with Gasteiger partial charge in [0.25, 0.3) is 0 Å². The summed E-state index contributed by atoms with van der Waals surface area (Å²) >= 11 is 17.9. The van der Waals surface area contributed by atoms with Crippen molar-refractivity contribution in [2.24, 2.45) is 0 Å². The summed E-state index contributed by atoms with van der Waals surface area (Å²) in [6.07, 6.45) is 0.460. The van der Waals surface area contributed by atoms with Crippen molar-refractivity contribution in [3.05, 3.63) is 27.2 Å². The van der Waals surface area contributed by atoms with Crippen LogP contribution in [0.4, 0.5) is 5.69 Å². The minimum Gasteiger partial charge on any atom is -0.480 e. The summed E-state index contributed by atoms with van der Waals surface area (Å²) < 4.78 is 26.8. The van der Waals surface area contributed by atoms with E-state index in [-0.39, 0.29) is 33.8 Å². The minimum atomic E-state index is -4.00. The number of hydrogen-bond donors (Lipinski definition) is 1. The molecule has 1 heterocycles. The van der Waals surface area contributed by atoms with Crippen molar-refractivity contribution in [2.45, 2.75) is 6.42 Å². The molecule has 1 aromatic rings. The van der Waals surface area contributed by atoms with Crippen LogP contribution in [0.15, 0.2) is 12.1 Å². The van der Waals surface area contributed by atoms with Gasteiger partial charge in [-0.25, -0.2) is 0 Å². The van der Waals surface area contributed by atoms with Gasteiger partial charge in [-0.15, -0.1) is 0 Å². The summed E-state index contributed by atoms with van der Waals surface area (Å²) in [5.74, 6) is -1.23. The molecular formula is C11H11Cl3N2O4S. The Hall–Kier alpha value is -0.730. The Kier molecular flexibility index (Phi) is 4.89. The van der Waals surface area contributed by atoms with Crippen LogP contribution in [0.5, 0.6) is 0 Å².